The van der Waals surface area contributed by atoms with Gasteiger partial charge in [0.25, 0.3) is 0 Å². The average molecular weight is 229 g/mol. The lowest BCUT2D eigenvalue weighted by atomic mass is 10.1. The van der Waals surface area contributed by atoms with Crippen molar-refractivity contribution < 1.29 is 17.2 Å². The fourth-order valence-electron chi connectivity index (χ4n) is 1.03. The summed E-state index contributed by atoms with van der Waals surface area (Å²) in [5.74, 6) is 0.395. The molecule has 0 aromatic heterocycles. The number of hydrogen-bond donors (Lipinski definition) is 3. The summed E-state index contributed by atoms with van der Waals surface area (Å²) < 4.78 is 33.7. The Labute approximate surface area is 84.0 Å². The maximum absolute atomic E-state index is 10.4. The Bertz CT molecular complexity index is 233. The van der Waals surface area contributed by atoms with Gasteiger partial charge < -0.3 is 5.73 Å². The van der Waals surface area contributed by atoms with Crippen LogP contribution in [0.4, 0.5) is 0 Å². The summed E-state index contributed by atoms with van der Waals surface area (Å²) in [6.07, 6.45) is 1.29. The van der Waals surface area contributed by atoms with E-state index in [-0.39, 0.29) is 6.42 Å². The molecule has 80 valence electrons. The number of hydrogen-bond acceptors (Lipinski definition) is 5. The molecule has 0 fully saturated rings. The van der Waals surface area contributed by atoms with Crippen molar-refractivity contribution in [2.24, 2.45) is 5.73 Å². The molecule has 7 heteroatoms. The van der Waals surface area contributed by atoms with Gasteiger partial charge in [-0.05, 0) is 18.6 Å². The van der Waals surface area contributed by atoms with Gasteiger partial charge in [-0.25, -0.2) is 4.18 Å². The Kier molecular flexibility index (Phi) is 5.23. The summed E-state index contributed by atoms with van der Waals surface area (Å²) >= 11 is 3.92. The maximum atomic E-state index is 10.4. The zero-order valence-electron chi connectivity index (χ0n) is 7.43. The van der Waals surface area contributed by atoms with Crippen molar-refractivity contribution in [3.63, 3.8) is 0 Å². The van der Waals surface area contributed by atoms with Gasteiger partial charge in [0.1, 0.15) is 5.72 Å². The van der Waals surface area contributed by atoms with Gasteiger partial charge in [-0.15, -0.1) is 0 Å². The van der Waals surface area contributed by atoms with E-state index in [9.17, 15) is 8.42 Å². The summed E-state index contributed by atoms with van der Waals surface area (Å²) in [6.45, 7) is 1.84. The predicted molar refractivity (Wildman–Crippen MR) is 52.9 cm³/mol. The van der Waals surface area contributed by atoms with Crippen molar-refractivity contribution in [1.29, 1.82) is 0 Å². The van der Waals surface area contributed by atoms with Crippen LogP contribution in [0.1, 0.15) is 26.2 Å². The van der Waals surface area contributed by atoms with Crippen LogP contribution in [0.5, 0.6) is 0 Å². The Balaban J connectivity index is 4.40. The largest absolute Gasteiger partial charge is 0.399 e. The molecule has 3 N–H and O–H groups in total. The van der Waals surface area contributed by atoms with Crippen LogP contribution in [-0.2, 0) is 14.6 Å². The van der Waals surface area contributed by atoms with Gasteiger partial charge in [0, 0.05) is 0 Å². The quantitative estimate of drug-likeness (QED) is 0.352. The highest BCUT2D eigenvalue weighted by Gasteiger charge is 2.29. The van der Waals surface area contributed by atoms with Crippen molar-refractivity contribution in [2.45, 2.75) is 31.9 Å². The standard InChI is InChI=1S/C6H15NO4S2/c1-2-3-6(7,4-5-12)11-13(8,9)10/h12H,2-5,7H2,1H3,(H,8,9,10). The lowest BCUT2D eigenvalue weighted by Gasteiger charge is -2.26. The first-order valence-electron chi connectivity index (χ1n) is 3.91. The summed E-state index contributed by atoms with van der Waals surface area (Å²) in [4.78, 5) is 0. The van der Waals surface area contributed by atoms with Crippen LogP contribution in [0.25, 0.3) is 0 Å². The second-order valence-corrected chi connectivity index (χ2v) is 4.27. The molecule has 0 aliphatic rings. The second kappa shape index (κ2) is 5.16. The molecule has 0 rings (SSSR count). The molecule has 0 heterocycles. The van der Waals surface area contributed by atoms with Crippen LogP contribution in [0.15, 0.2) is 0 Å². The topological polar surface area (TPSA) is 89.6 Å². The maximum Gasteiger partial charge on any atom is 0.399 e. The normalized spacial score (nSPS) is 16.9. The molecule has 1 atom stereocenters. The third-order valence-electron chi connectivity index (χ3n) is 1.48. The van der Waals surface area contributed by atoms with Gasteiger partial charge in [0.2, 0.25) is 0 Å². The van der Waals surface area contributed by atoms with E-state index in [1.165, 1.54) is 0 Å². The summed E-state index contributed by atoms with van der Waals surface area (Å²) in [7, 11) is -4.49. The highest BCUT2D eigenvalue weighted by molar-refractivity contribution is 7.81. The lowest BCUT2D eigenvalue weighted by molar-refractivity contribution is 0.0563. The molecule has 0 aliphatic heterocycles. The molecule has 0 saturated carbocycles. The minimum absolute atomic E-state index is 0.268. The highest BCUT2D eigenvalue weighted by Crippen LogP contribution is 2.18. The van der Waals surface area contributed by atoms with E-state index in [1.807, 2.05) is 6.92 Å². The van der Waals surface area contributed by atoms with Gasteiger partial charge >= 0.3 is 10.4 Å². The van der Waals surface area contributed by atoms with Crippen molar-refractivity contribution in [2.75, 3.05) is 5.75 Å². The number of nitrogens with two attached hydrogens (primary N) is 1. The average Bonchev–Trinajstić information content (AvgIpc) is 1.82. The smallest absolute Gasteiger partial charge is 0.302 e. The van der Waals surface area contributed by atoms with Crippen LogP contribution in [-0.4, -0.2) is 24.4 Å². The van der Waals surface area contributed by atoms with E-state index in [4.69, 9.17) is 10.3 Å². The fraction of sp³-hybridized carbons (Fsp3) is 1.00. The van der Waals surface area contributed by atoms with Gasteiger partial charge in [0.15, 0.2) is 0 Å². The zero-order chi connectivity index (χ0) is 10.5. The van der Waals surface area contributed by atoms with Gasteiger partial charge in [-0.3, -0.25) is 4.55 Å². The molecule has 5 nitrogen and oxygen atoms in total. The second-order valence-electron chi connectivity index (χ2n) is 2.80. The van der Waals surface area contributed by atoms with E-state index in [1.54, 1.807) is 0 Å². The van der Waals surface area contributed by atoms with E-state index < -0.39 is 16.1 Å². The van der Waals surface area contributed by atoms with Crippen molar-refractivity contribution in [1.82, 2.24) is 0 Å². The first-order chi connectivity index (χ1) is 5.83. The summed E-state index contributed by atoms with van der Waals surface area (Å²) in [6, 6.07) is 0. The Morgan fingerprint density at radius 3 is 2.38 bits per heavy atom. The van der Waals surface area contributed by atoms with Gasteiger partial charge in [-0.1, -0.05) is 13.3 Å². The molecule has 0 aromatic rings. The van der Waals surface area contributed by atoms with E-state index >= 15 is 0 Å². The third kappa shape index (κ3) is 6.28. The molecule has 0 aromatic carbocycles. The monoisotopic (exact) mass is 229 g/mol. The summed E-state index contributed by atoms with van der Waals surface area (Å²) in [5, 5.41) is 0. The van der Waals surface area contributed by atoms with Crippen LogP contribution < -0.4 is 5.73 Å². The zero-order valence-corrected chi connectivity index (χ0v) is 9.14. The lowest BCUT2D eigenvalue weighted by Crippen LogP contribution is -2.44. The predicted octanol–water partition coefficient (Wildman–Crippen LogP) is 0.581. The summed E-state index contributed by atoms with van der Waals surface area (Å²) in [5.41, 5.74) is 4.27. The minimum Gasteiger partial charge on any atom is -0.302 e. The minimum atomic E-state index is -4.49. The van der Waals surface area contributed by atoms with E-state index in [2.05, 4.69) is 16.8 Å². The van der Waals surface area contributed by atoms with Crippen molar-refractivity contribution in [3.8, 4) is 0 Å². The molecule has 0 saturated heterocycles. The van der Waals surface area contributed by atoms with E-state index in [0.29, 0.717) is 18.6 Å². The Hall–Kier alpha value is 0.180. The molecular weight excluding hydrogens is 214 g/mol. The van der Waals surface area contributed by atoms with Crippen LogP contribution in [0, 0.1) is 0 Å². The van der Waals surface area contributed by atoms with Crippen LogP contribution in [0.3, 0.4) is 0 Å². The molecular formula is C6H15NO4S2. The van der Waals surface area contributed by atoms with Crippen molar-refractivity contribution in [3.05, 3.63) is 0 Å². The fourth-order valence-corrected chi connectivity index (χ4v) is 2.00. The molecule has 0 aliphatic carbocycles. The molecule has 0 bridgehead atoms. The molecule has 0 amide bonds. The first-order valence-corrected chi connectivity index (χ1v) is 5.90. The highest BCUT2D eigenvalue weighted by atomic mass is 32.3. The Morgan fingerprint density at radius 1 is 1.54 bits per heavy atom. The van der Waals surface area contributed by atoms with Crippen molar-refractivity contribution >= 4 is 23.0 Å². The molecule has 0 radical (unpaired) electrons. The first kappa shape index (κ1) is 13.2. The number of thiol groups is 1. The number of rotatable bonds is 6. The third-order valence-corrected chi connectivity index (χ3v) is 2.25. The Morgan fingerprint density at radius 2 is 2.08 bits per heavy atom. The van der Waals surface area contributed by atoms with Crippen LogP contribution >= 0.6 is 12.6 Å². The molecule has 0 spiro atoms. The SMILES string of the molecule is CCCC(N)(CCS)OS(=O)(=O)O. The van der Waals surface area contributed by atoms with Gasteiger partial charge in [-0.2, -0.15) is 21.0 Å². The van der Waals surface area contributed by atoms with Crippen LogP contribution in [0.2, 0.25) is 0 Å². The van der Waals surface area contributed by atoms with E-state index in [0.717, 1.165) is 0 Å². The van der Waals surface area contributed by atoms with Gasteiger partial charge in [0.05, 0.1) is 0 Å². The molecule has 13 heavy (non-hydrogen) atoms. The molecule has 1 unspecified atom stereocenters.